The van der Waals surface area contributed by atoms with Crippen molar-refractivity contribution in [2.24, 2.45) is 7.05 Å². The quantitative estimate of drug-likeness (QED) is 0.836. The molecule has 2 rings (SSSR count). The summed E-state index contributed by atoms with van der Waals surface area (Å²) in [5, 5.41) is 7.58. The zero-order chi connectivity index (χ0) is 12.6. The third-order valence-electron chi connectivity index (χ3n) is 3.08. The predicted octanol–water partition coefficient (Wildman–Crippen LogP) is 1.14. The van der Waals surface area contributed by atoms with Crippen LogP contribution in [-0.4, -0.2) is 40.3 Å². The number of aryl methyl sites for hydroxylation is 1. The highest BCUT2D eigenvalue weighted by molar-refractivity contribution is 9.10. The lowest BCUT2D eigenvalue weighted by atomic mass is 10.2. The Hall–Kier alpha value is -0.470. The Morgan fingerprint density at radius 1 is 1.53 bits per heavy atom. The molecule has 0 N–H and O–H groups in total. The Balaban J connectivity index is 2.43. The van der Waals surface area contributed by atoms with Crippen molar-refractivity contribution in [3.05, 3.63) is 4.60 Å². The number of aromatic nitrogens is 3. The van der Waals surface area contributed by atoms with Crippen molar-refractivity contribution in [2.45, 2.75) is 37.3 Å². The predicted molar refractivity (Wildman–Crippen MR) is 65.9 cm³/mol. The molecule has 1 aromatic rings. The molecule has 0 bridgehead atoms. The van der Waals surface area contributed by atoms with Gasteiger partial charge in [-0.2, -0.15) is 4.31 Å². The van der Waals surface area contributed by atoms with E-state index < -0.39 is 10.0 Å². The summed E-state index contributed by atoms with van der Waals surface area (Å²) in [7, 11) is -1.91. The van der Waals surface area contributed by atoms with Crippen LogP contribution in [0.25, 0.3) is 0 Å². The largest absolute Gasteiger partial charge is 0.263 e. The molecular weight excluding hydrogens is 308 g/mol. The molecule has 0 radical (unpaired) electrons. The van der Waals surface area contributed by atoms with E-state index >= 15 is 0 Å². The fourth-order valence-corrected chi connectivity index (χ4v) is 5.05. The smallest absolute Gasteiger partial charge is 0.235 e. The number of hydrogen-bond acceptors (Lipinski definition) is 4. The van der Waals surface area contributed by atoms with Crippen LogP contribution in [0.3, 0.4) is 0 Å². The molecule has 1 aliphatic heterocycles. The zero-order valence-corrected chi connectivity index (χ0v) is 12.2. The van der Waals surface area contributed by atoms with Crippen molar-refractivity contribution in [1.82, 2.24) is 19.3 Å². The fraction of sp³-hybridized carbons (Fsp3) is 0.778. The van der Waals surface area contributed by atoms with Gasteiger partial charge < -0.3 is 0 Å². The maximum absolute atomic E-state index is 12.5. The van der Waals surface area contributed by atoms with E-state index in [4.69, 9.17) is 0 Å². The van der Waals surface area contributed by atoms with Gasteiger partial charge in [-0.3, -0.25) is 0 Å². The third-order valence-corrected chi connectivity index (χ3v) is 5.93. The van der Waals surface area contributed by atoms with Crippen LogP contribution in [0.1, 0.15) is 26.2 Å². The first-order valence-electron chi connectivity index (χ1n) is 5.55. The van der Waals surface area contributed by atoms with Gasteiger partial charge in [0.05, 0.1) is 0 Å². The topological polar surface area (TPSA) is 68.1 Å². The van der Waals surface area contributed by atoms with E-state index in [2.05, 4.69) is 26.2 Å². The highest BCUT2D eigenvalue weighted by atomic mass is 79.9. The normalized spacial score (nSPS) is 22.2. The van der Waals surface area contributed by atoms with Crippen LogP contribution in [-0.2, 0) is 17.1 Å². The lowest BCUT2D eigenvalue weighted by Gasteiger charge is -2.22. The van der Waals surface area contributed by atoms with Crippen molar-refractivity contribution < 1.29 is 8.42 Å². The molecule has 1 aliphatic rings. The van der Waals surface area contributed by atoms with E-state index in [9.17, 15) is 8.42 Å². The van der Waals surface area contributed by atoms with E-state index in [-0.39, 0.29) is 15.7 Å². The van der Waals surface area contributed by atoms with Crippen LogP contribution in [0.2, 0.25) is 0 Å². The lowest BCUT2D eigenvalue weighted by molar-refractivity contribution is 0.375. The average Bonchev–Trinajstić information content (AvgIpc) is 2.85. The van der Waals surface area contributed by atoms with Crippen molar-refractivity contribution in [3.63, 3.8) is 0 Å². The first kappa shape index (κ1) is 13.0. The Kier molecular flexibility index (Phi) is 3.55. The molecule has 0 spiro atoms. The number of sulfonamides is 1. The second-order valence-corrected chi connectivity index (χ2v) is 6.69. The summed E-state index contributed by atoms with van der Waals surface area (Å²) in [5.74, 6) is 0. The molecule has 0 amide bonds. The molecular formula is C9H15BrN4O2S. The molecule has 2 heterocycles. The molecule has 1 aromatic heterocycles. The summed E-state index contributed by atoms with van der Waals surface area (Å²) in [6.45, 7) is 2.59. The standard InChI is InChI=1S/C9H15BrN4O2S/c1-3-7-5-4-6-14(7)17(15,16)9-8(10)11-12-13(9)2/h7H,3-6H2,1-2H3. The maximum Gasteiger partial charge on any atom is 0.263 e. The van der Waals surface area contributed by atoms with E-state index in [1.807, 2.05) is 6.92 Å². The monoisotopic (exact) mass is 322 g/mol. The summed E-state index contributed by atoms with van der Waals surface area (Å²) in [6, 6.07) is 0.0989. The highest BCUT2D eigenvalue weighted by Crippen LogP contribution is 2.29. The van der Waals surface area contributed by atoms with Crippen molar-refractivity contribution >= 4 is 26.0 Å². The molecule has 0 aliphatic carbocycles. The van der Waals surface area contributed by atoms with Gasteiger partial charge in [-0.05, 0) is 35.2 Å². The van der Waals surface area contributed by atoms with Gasteiger partial charge in [0, 0.05) is 19.6 Å². The minimum atomic E-state index is -3.49. The zero-order valence-electron chi connectivity index (χ0n) is 9.80. The van der Waals surface area contributed by atoms with Crippen molar-refractivity contribution in [1.29, 1.82) is 0 Å². The fourth-order valence-electron chi connectivity index (χ4n) is 2.24. The number of hydrogen-bond donors (Lipinski definition) is 0. The van der Waals surface area contributed by atoms with Crippen LogP contribution < -0.4 is 0 Å². The second kappa shape index (κ2) is 4.66. The second-order valence-electron chi connectivity index (χ2n) is 4.13. The summed E-state index contributed by atoms with van der Waals surface area (Å²) in [6.07, 6.45) is 2.68. The van der Waals surface area contributed by atoms with Crippen LogP contribution in [0, 0.1) is 0 Å². The maximum atomic E-state index is 12.5. The minimum absolute atomic E-state index is 0.0989. The van der Waals surface area contributed by atoms with Crippen molar-refractivity contribution in [2.75, 3.05) is 6.54 Å². The Morgan fingerprint density at radius 2 is 2.24 bits per heavy atom. The molecule has 1 fully saturated rings. The summed E-state index contributed by atoms with van der Waals surface area (Å²) < 4.78 is 28.1. The molecule has 8 heteroatoms. The first-order chi connectivity index (χ1) is 7.98. The molecule has 1 saturated heterocycles. The van der Waals surface area contributed by atoms with Gasteiger partial charge in [0.15, 0.2) is 4.60 Å². The Morgan fingerprint density at radius 3 is 2.76 bits per heavy atom. The van der Waals surface area contributed by atoms with Gasteiger partial charge in [0.25, 0.3) is 10.0 Å². The molecule has 0 saturated carbocycles. The van der Waals surface area contributed by atoms with Gasteiger partial charge in [0.2, 0.25) is 5.03 Å². The summed E-state index contributed by atoms with van der Waals surface area (Å²) in [4.78, 5) is 0. The van der Waals surface area contributed by atoms with Crippen LogP contribution in [0.15, 0.2) is 9.63 Å². The van der Waals surface area contributed by atoms with E-state index in [1.165, 1.54) is 4.68 Å². The lowest BCUT2D eigenvalue weighted by Crippen LogP contribution is -2.36. The summed E-state index contributed by atoms with van der Waals surface area (Å²) in [5.41, 5.74) is 0. The van der Waals surface area contributed by atoms with E-state index in [0.29, 0.717) is 6.54 Å². The van der Waals surface area contributed by atoms with E-state index in [1.54, 1.807) is 11.4 Å². The van der Waals surface area contributed by atoms with Gasteiger partial charge in [0.1, 0.15) is 0 Å². The van der Waals surface area contributed by atoms with Crippen LogP contribution >= 0.6 is 15.9 Å². The molecule has 6 nitrogen and oxygen atoms in total. The van der Waals surface area contributed by atoms with E-state index in [0.717, 1.165) is 19.3 Å². The molecule has 96 valence electrons. The Labute approximate surface area is 109 Å². The molecule has 1 unspecified atom stereocenters. The SMILES string of the molecule is CCC1CCCN1S(=O)(=O)c1c(Br)nnn1C. The van der Waals surface area contributed by atoms with Gasteiger partial charge in [-0.1, -0.05) is 12.1 Å². The highest BCUT2D eigenvalue weighted by Gasteiger charge is 2.37. The molecule has 17 heavy (non-hydrogen) atoms. The minimum Gasteiger partial charge on any atom is -0.235 e. The number of rotatable bonds is 3. The van der Waals surface area contributed by atoms with Crippen LogP contribution in [0.4, 0.5) is 0 Å². The Bertz CT molecular complexity index is 494. The van der Waals surface area contributed by atoms with Gasteiger partial charge >= 0.3 is 0 Å². The first-order valence-corrected chi connectivity index (χ1v) is 7.78. The summed E-state index contributed by atoms with van der Waals surface area (Å²) >= 11 is 3.14. The molecule has 0 aromatic carbocycles. The van der Waals surface area contributed by atoms with Crippen molar-refractivity contribution in [3.8, 4) is 0 Å². The van der Waals surface area contributed by atoms with Gasteiger partial charge in [-0.25, -0.2) is 13.1 Å². The van der Waals surface area contributed by atoms with Gasteiger partial charge in [-0.15, -0.1) is 5.10 Å². The average molecular weight is 323 g/mol. The van der Waals surface area contributed by atoms with Crippen LogP contribution in [0.5, 0.6) is 0 Å². The molecule has 1 atom stereocenters. The number of halogens is 1. The third kappa shape index (κ3) is 2.13. The number of nitrogens with zero attached hydrogens (tertiary/aromatic N) is 4.